The van der Waals surface area contributed by atoms with Crippen LogP contribution in [0, 0.1) is 17.8 Å². The molecule has 0 saturated heterocycles. The number of carboxylic acid groups (broad SMARTS) is 1. The number of aliphatic carboxylic acids is 1. The first-order chi connectivity index (χ1) is 38.1. The Labute approximate surface area is 474 Å². The monoisotopic (exact) mass is 1130 g/mol. The first kappa shape index (κ1) is 73.8. The zero-order chi connectivity index (χ0) is 60.3. The van der Waals surface area contributed by atoms with Crippen molar-refractivity contribution in [1.29, 1.82) is 0 Å². The number of hydrogen-bond donors (Lipinski definition) is 13. The van der Waals surface area contributed by atoms with Crippen molar-refractivity contribution < 1.29 is 53.4 Å². The SMILES string of the molecule is CCCCCCCCCCCCCCCC(=O)N[C@@H](CCCN=C(N)N)C(=O)N[C@@H](CCC(=O)O)C(=O)C[C@@H](CCCCN)C(=O)N[C@@H](CCCN=C(N)N)C(=O)C[C@@H](CCCN=C(N)N)C(=O)N[C@@H](CO)C(=O)C[C@@H](C)C(C)=O. The standard InChI is InChI=1S/C55H102N14O11/c1-4-5-6-7-8-9-10-11-12-13-14-15-16-26-48(75)66-43(25-21-32-65-55(61)62)52(80)68-42(27-28-49(76)77)47(74)34-39(22-17-18-29-56)50(78)67-41(24-20-31-64-54(59)60)46(73)35-40(23-19-30-63-53(57)58)51(79)69-44(36-70)45(72)33-37(2)38(3)71/h37,39-44,70H,4-36,56H2,1-3H3,(H,66,75)(H,67,78)(H,68,80)(H,69,79)(H,76,77)(H4,57,58,63)(H4,59,60,64)(H4,61,62,65)/t37-,39-,40-,41+,42+,43+,44+/m1/s1. The van der Waals surface area contributed by atoms with Gasteiger partial charge in [0.1, 0.15) is 17.9 Å². The van der Waals surface area contributed by atoms with Gasteiger partial charge in [-0.25, -0.2) is 0 Å². The van der Waals surface area contributed by atoms with Crippen LogP contribution in [-0.2, 0) is 43.2 Å². The zero-order valence-electron chi connectivity index (χ0n) is 48.3. The Bertz CT molecular complexity index is 1960. The van der Waals surface area contributed by atoms with Crippen LogP contribution >= 0.6 is 0 Å². The Morgan fingerprint density at radius 1 is 0.450 bits per heavy atom. The van der Waals surface area contributed by atoms with Crippen LogP contribution in [0.2, 0.25) is 0 Å². The summed E-state index contributed by atoms with van der Waals surface area (Å²) in [5, 5.41) is 30.5. The van der Waals surface area contributed by atoms with E-state index in [2.05, 4.69) is 43.2 Å². The number of hydrogen-bond acceptors (Lipinski definition) is 14. The zero-order valence-corrected chi connectivity index (χ0v) is 48.3. The smallest absolute Gasteiger partial charge is 0.303 e. The van der Waals surface area contributed by atoms with Crippen molar-refractivity contribution in [3.8, 4) is 0 Å². The molecule has 0 heterocycles. The topological polar surface area (TPSA) is 461 Å². The van der Waals surface area contributed by atoms with Crippen LogP contribution in [0.1, 0.15) is 201 Å². The van der Waals surface area contributed by atoms with E-state index in [0.29, 0.717) is 19.3 Å². The van der Waals surface area contributed by atoms with Gasteiger partial charge in [0.15, 0.2) is 35.2 Å². The van der Waals surface area contributed by atoms with Gasteiger partial charge in [-0.15, -0.1) is 0 Å². The second kappa shape index (κ2) is 45.5. The molecule has 0 aromatic heterocycles. The predicted octanol–water partition coefficient (Wildman–Crippen LogP) is 1.89. The fourth-order valence-electron chi connectivity index (χ4n) is 8.91. The number of aliphatic hydroxyl groups excluding tert-OH is 1. The summed E-state index contributed by atoms with van der Waals surface area (Å²) >= 11 is 0. The number of aliphatic hydroxyl groups is 1. The van der Waals surface area contributed by atoms with Crippen molar-refractivity contribution in [2.75, 3.05) is 32.8 Å². The number of aliphatic imine (C=N–C) groups is 3. The van der Waals surface area contributed by atoms with Gasteiger partial charge in [-0.2, -0.15) is 0 Å². The van der Waals surface area contributed by atoms with Crippen molar-refractivity contribution in [3.05, 3.63) is 0 Å². The first-order valence-corrected chi connectivity index (χ1v) is 29.0. The van der Waals surface area contributed by atoms with Crippen molar-refractivity contribution in [2.24, 2.45) is 72.9 Å². The Balaban J connectivity index is 6.57. The molecular weight excluding hydrogens is 1030 g/mol. The quantitative estimate of drug-likeness (QED) is 0.0235. The van der Waals surface area contributed by atoms with Gasteiger partial charge in [0, 0.05) is 69.5 Å². The lowest BCUT2D eigenvalue weighted by atomic mass is 9.89. The largest absolute Gasteiger partial charge is 0.481 e. The van der Waals surface area contributed by atoms with Gasteiger partial charge in [0.05, 0.1) is 18.7 Å². The lowest BCUT2D eigenvalue weighted by Gasteiger charge is -2.26. The molecule has 0 aromatic carbocycles. The van der Waals surface area contributed by atoms with E-state index in [1.807, 2.05) is 0 Å². The van der Waals surface area contributed by atoms with Crippen LogP contribution in [0.4, 0.5) is 0 Å². The van der Waals surface area contributed by atoms with Crippen LogP contribution in [0.3, 0.4) is 0 Å². The molecule has 0 bridgehead atoms. The molecule has 4 amide bonds. The minimum atomic E-state index is -1.41. The summed E-state index contributed by atoms with van der Waals surface area (Å²) in [6.07, 6.45) is 14.4. The maximum atomic E-state index is 14.4. The molecule has 25 nitrogen and oxygen atoms in total. The highest BCUT2D eigenvalue weighted by Gasteiger charge is 2.34. The summed E-state index contributed by atoms with van der Waals surface area (Å²) in [5.41, 5.74) is 38.9. The molecule has 80 heavy (non-hydrogen) atoms. The fourth-order valence-corrected chi connectivity index (χ4v) is 8.91. The van der Waals surface area contributed by atoms with Gasteiger partial charge in [0.25, 0.3) is 0 Å². The molecule has 25 heteroatoms. The second-order valence-corrected chi connectivity index (χ2v) is 21.0. The number of carbonyl (C=O) groups is 9. The van der Waals surface area contributed by atoms with Crippen molar-refractivity contribution in [1.82, 2.24) is 21.3 Å². The number of carboxylic acids is 1. The molecule has 0 unspecified atom stereocenters. The molecule has 0 saturated carbocycles. The highest BCUT2D eigenvalue weighted by molar-refractivity contribution is 5.97. The van der Waals surface area contributed by atoms with Gasteiger partial charge in [0.2, 0.25) is 23.6 Å². The van der Waals surface area contributed by atoms with E-state index in [-0.39, 0.29) is 120 Å². The highest BCUT2D eigenvalue weighted by atomic mass is 16.4. The molecule has 0 aliphatic carbocycles. The average molecular weight is 1140 g/mol. The number of Topliss-reactive ketones (excluding diaryl/α,β-unsaturated/α-hetero) is 4. The van der Waals surface area contributed by atoms with Gasteiger partial charge < -0.3 is 71.6 Å². The molecule has 0 rings (SSSR count). The van der Waals surface area contributed by atoms with Crippen LogP contribution in [0.15, 0.2) is 15.0 Å². The summed E-state index contributed by atoms with van der Waals surface area (Å²) in [7, 11) is 0. The Morgan fingerprint density at radius 2 is 0.850 bits per heavy atom. The van der Waals surface area contributed by atoms with E-state index < -0.39 is 109 Å². The van der Waals surface area contributed by atoms with Gasteiger partial charge >= 0.3 is 5.97 Å². The van der Waals surface area contributed by atoms with Crippen molar-refractivity contribution in [2.45, 2.75) is 225 Å². The highest BCUT2D eigenvalue weighted by Crippen LogP contribution is 2.21. The Morgan fingerprint density at radius 3 is 1.29 bits per heavy atom. The van der Waals surface area contributed by atoms with E-state index in [1.54, 1.807) is 6.92 Å². The third-order valence-electron chi connectivity index (χ3n) is 13.8. The van der Waals surface area contributed by atoms with E-state index in [1.165, 1.54) is 58.3 Å². The van der Waals surface area contributed by atoms with E-state index in [4.69, 9.17) is 40.1 Å². The van der Waals surface area contributed by atoms with Crippen LogP contribution in [-0.4, -0.2) is 138 Å². The fraction of sp³-hybridized carbons (Fsp3) is 0.782. The number of rotatable bonds is 51. The minimum Gasteiger partial charge on any atom is -0.481 e. The third kappa shape index (κ3) is 37.6. The Kier molecular flexibility index (Phi) is 41.9. The minimum absolute atomic E-state index is 0.0269. The number of nitrogens with one attached hydrogen (secondary N) is 4. The summed E-state index contributed by atoms with van der Waals surface area (Å²) in [5.74, 6) is -9.50. The lowest BCUT2D eigenvalue weighted by molar-refractivity contribution is -0.138. The molecule has 0 aromatic rings. The number of guanidine groups is 3. The predicted molar refractivity (Wildman–Crippen MR) is 310 cm³/mol. The van der Waals surface area contributed by atoms with Crippen LogP contribution in [0.25, 0.3) is 0 Å². The van der Waals surface area contributed by atoms with Gasteiger partial charge in [-0.05, 0) is 77.7 Å². The molecule has 7 atom stereocenters. The van der Waals surface area contributed by atoms with Crippen molar-refractivity contribution in [3.63, 3.8) is 0 Å². The molecule has 0 radical (unpaired) electrons. The number of unbranched alkanes of at least 4 members (excludes halogenated alkanes) is 13. The first-order valence-electron chi connectivity index (χ1n) is 29.0. The Hall–Kier alpha value is -6.24. The summed E-state index contributed by atoms with van der Waals surface area (Å²) in [4.78, 5) is 133. The molecule has 0 spiro atoms. The summed E-state index contributed by atoms with van der Waals surface area (Å²) in [6.45, 7) is 4.82. The lowest BCUT2D eigenvalue weighted by Crippen LogP contribution is -2.52. The average Bonchev–Trinajstić information content (AvgIpc) is 3.39. The summed E-state index contributed by atoms with van der Waals surface area (Å²) in [6, 6.07) is -5.20. The molecular formula is C55H102N14O11. The molecule has 0 aliphatic heterocycles. The third-order valence-corrected chi connectivity index (χ3v) is 13.8. The molecule has 0 fully saturated rings. The number of nitrogens with two attached hydrogens (primary N) is 7. The maximum absolute atomic E-state index is 14.4. The number of ketones is 4. The second-order valence-electron chi connectivity index (χ2n) is 21.0. The van der Waals surface area contributed by atoms with Gasteiger partial charge in [-0.1, -0.05) is 97.3 Å². The van der Waals surface area contributed by atoms with Gasteiger partial charge in [-0.3, -0.25) is 58.1 Å². The number of amides is 4. The van der Waals surface area contributed by atoms with Crippen LogP contribution < -0.4 is 61.4 Å². The van der Waals surface area contributed by atoms with E-state index >= 15 is 0 Å². The normalized spacial score (nSPS) is 13.7. The number of carbonyl (C=O) groups excluding carboxylic acids is 8. The summed E-state index contributed by atoms with van der Waals surface area (Å²) < 4.78 is 0. The van der Waals surface area contributed by atoms with E-state index in [9.17, 15) is 53.4 Å². The molecule has 20 N–H and O–H groups in total. The van der Waals surface area contributed by atoms with E-state index in [0.717, 1.165) is 25.7 Å². The van der Waals surface area contributed by atoms with Crippen LogP contribution in [0.5, 0.6) is 0 Å². The molecule has 0 aliphatic rings. The number of nitrogens with zero attached hydrogens (tertiary/aromatic N) is 3. The molecule has 458 valence electrons. The van der Waals surface area contributed by atoms with Crippen molar-refractivity contribution >= 4 is 70.6 Å². The maximum Gasteiger partial charge on any atom is 0.303 e.